The summed E-state index contributed by atoms with van der Waals surface area (Å²) in [6.07, 6.45) is 2.03. The number of aromatic nitrogens is 1. The minimum Gasteiger partial charge on any atom is -0.489 e. The van der Waals surface area contributed by atoms with Crippen molar-refractivity contribution in [2.75, 3.05) is 6.61 Å². The van der Waals surface area contributed by atoms with Gasteiger partial charge in [-0.3, -0.25) is 4.79 Å². The van der Waals surface area contributed by atoms with Crippen LogP contribution in [-0.2, 0) is 6.54 Å². The second kappa shape index (κ2) is 11.9. The molecule has 2 aromatic carbocycles. The second-order valence-corrected chi connectivity index (χ2v) is 8.61. The number of alkyl halides is 2. The molecule has 0 saturated heterocycles. The van der Waals surface area contributed by atoms with Crippen molar-refractivity contribution in [3.05, 3.63) is 64.3 Å². The summed E-state index contributed by atoms with van der Waals surface area (Å²) in [6, 6.07) is 7.75. The summed E-state index contributed by atoms with van der Waals surface area (Å²) in [7, 11) is 0. The van der Waals surface area contributed by atoms with E-state index in [2.05, 4.69) is 15.0 Å². The van der Waals surface area contributed by atoms with Crippen LogP contribution in [0.2, 0.25) is 5.02 Å². The van der Waals surface area contributed by atoms with Gasteiger partial charge < -0.3 is 24.9 Å². The first-order valence-corrected chi connectivity index (χ1v) is 11.3. The van der Waals surface area contributed by atoms with Gasteiger partial charge in [0, 0.05) is 22.7 Å². The molecule has 1 atom stereocenters. The molecular weight excluding hydrogens is 522 g/mol. The maximum Gasteiger partial charge on any atom is 0.387 e. The molecule has 1 aromatic heterocycles. The van der Waals surface area contributed by atoms with Crippen molar-refractivity contribution in [1.82, 2.24) is 10.3 Å². The predicted octanol–water partition coefficient (Wildman–Crippen LogP) is 5.90. The average Bonchev–Trinajstić information content (AvgIpc) is 3.52. The van der Waals surface area contributed by atoms with Gasteiger partial charge in [-0.15, -0.1) is 12.4 Å². The molecule has 1 heterocycles. The molecule has 1 amide bonds. The van der Waals surface area contributed by atoms with Crippen LogP contribution in [0, 0.1) is 11.7 Å². The van der Waals surface area contributed by atoms with Crippen LogP contribution >= 0.6 is 24.0 Å². The van der Waals surface area contributed by atoms with Crippen molar-refractivity contribution >= 4 is 29.9 Å². The fourth-order valence-electron chi connectivity index (χ4n) is 3.32. The number of halogens is 5. The van der Waals surface area contributed by atoms with E-state index in [4.69, 9.17) is 26.5 Å². The van der Waals surface area contributed by atoms with Crippen molar-refractivity contribution < 1.29 is 31.9 Å². The van der Waals surface area contributed by atoms with Crippen molar-refractivity contribution in [2.45, 2.75) is 39.0 Å². The van der Waals surface area contributed by atoms with E-state index in [0.29, 0.717) is 18.1 Å². The molecule has 3 aromatic rings. The van der Waals surface area contributed by atoms with Crippen LogP contribution in [0.5, 0.6) is 11.5 Å². The fraction of sp³-hybridized carbons (Fsp3) is 0.333. The molecule has 1 unspecified atom stereocenters. The summed E-state index contributed by atoms with van der Waals surface area (Å²) >= 11 is 6.02. The first kappa shape index (κ1) is 27.6. The summed E-state index contributed by atoms with van der Waals surface area (Å²) in [6.45, 7) is -1.22. The highest BCUT2D eigenvalue weighted by atomic mass is 35.5. The number of benzene rings is 2. The van der Waals surface area contributed by atoms with E-state index < -0.39 is 24.4 Å². The topological polar surface area (TPSA) is 99.6 Å². The molecule has 194 valence electrons. The molecule has 0 radical (unpaired) electrons. The lowest BCUT2D eigenvalue weighted by molar-refractivity contribution is -0.0515. The molecule has 12 heteroatoms. The summed E-state index contributed by atoms with van der Waals surface area (Å²) in [4.78, 5) is 17.1. The summed E-state index contributed by atoms with van der Waals surface area (Å²) < 4.78 is 55.7. The highest BCUT2D eigenvalue weighted by Crippen LogP contribution is 2.37. The number of amides is 1. The maximum atomic E-state index is 14.0. The van der Waals surface area contributed by atoms with Gasteiger partial charge in [0.2, 0.25) is 5.89 Å². The Morgan fingerprint density at radius 3 is 2.67 bits per heavy atom. The molecule has 1 fully saturated rings. The monoisotopic (exact) mass is 545 g/mol. The Labute approximate surface area is 216 Å². The first-order valence-electron chi connectivity index (χ1n) is 10.9. The number of nitrogens with two attached hydrogens (primary N) is 1. The largest absolute Gasteiger partial charge is 0.489 e. The number of ether oxygens (including phenoxy) is 2. The van der Waals surface area contributed by atoms with E-state index in [1.54, 1.807) is 6.92 Å². The van der Waals surface area contributed by atoms with E-state index >= 15 is 0 Å². The number of carbonyl (C=O) groups excluding carboxylic acids is 1. The Morgan fingerprint density at radius 1 is 1.28 bits per heavy atom. The molecule has 1 aliphatic rings. The molecule has 0 aliphatic heterocycles. The van der Waals surface area contributed by atoms with Crippen LogP contribution in [0.4, 0.5) is 13.2 Å². The lowest BCUT2D eigenvalue weighted by atomic mass is 10.2. The number of rotatable bonds is 10. The van der Waals surface area contributed by atoms with Gasteiger partial charge >= 0.3 is 6.61 Å². The number of hydrogen-bond donors (Lipinski definition) is 2. The third-order valence-corrected chi connectivity index (χ3v) is 5.70. The van der Waals surface area contributed by atoms with E-state index in [1.165, 1.54) is 36.4 Å². The SMILES string of the molecule is CC(N)c1oc(-c2ccc(OC(F)F)c(OCC3CC3)c2)nc1C(=O)NCc1c(F)cccc1Cl.Cl. The lowest BCUT2D eigenvalue weighted by Crippen LogP contribution is -2.26. The van der Waals surface area contributed by atoms with E-state index in [1.807, 2.05) is 0 Å². The lowest BCUT2D eigenvalue weighted by Gasteiger charge is -2.12. The van der Waals surface area contributed by atoms with Crippen LogP contribution in [0.15, 0.2) is 40.8 Å². The van der Waals surface area contributed by atoms with Gasteiger partial charge in [-0.25, -0.2) is 9.37 Å². The quantitative estimate of drug-likeness (QED) is 0.329. The van der Waals surface area contributed by atoms with E-state index in [9.17, 15) is 18.0 Å². The Bertz CT molecular complexity index is 1200. The number of carbonyl (C=O) groups is 1. The van der Waals surface area contributed by atoms with Gasteiger partial charge in [-0.1, -0.05) is 17.7 Å². The standard InChI is InChI=1S/C24H23ClF3N3O4.ClH/c1-12(29)21-20(22(32)30-10-15-16(25)3-2-4-17(15)26)31-23(35-21)14-7-8-18(34-24(27)28)19(9-14)33-11-13-5-6-13;/h2-4,7-9,12-13,24H,5-6,10-11,29H2,1H3,(H,30,32);1H. The van der Waals surface area contributed by atoms with Crippen LogP contribution in [0.3, 0.4) is 0 Å². The molecule has 1 saturated carbocycles. The zero-order chi connectivity index (χ0) is 25.1. The number of oxazole rings is 1. The van der Waals surface area contributed by atoms with Crippen LogP contribution in [-0.4, -0.2) is 24.1 Å². The molecule has 36 heavy (non-hydrogen) atoms. The summed E-state index contributed by atoms with van der Waals surface area (Å²) in [5, 5.41) is 2.74. The first-order chi connectivity index (χ1) is 16.7. The van der Waals surface area contributed by atoms with Crippen LogP contribution < -0.4 is 20.5 Å². The average molecular weight is 546 g/mol. The minimum atomic E-state index is -3.02. The smallest absolute Gasteiger partial charge is 0.387 e. The maximum absolute atomic E-state index is 14.0. The van der Waals surface area contributed by atoms with Crippen molar-refractivity contribution in [3.63, 3.8) is 0 Å². The fourth-order valence-corrected chi connectivity index (χ4v) is 3.55. The number of hydrogen-bond acceptors (Lipinski definition) is 6. The van der Waals surface area contributed by atoms with E-state index in [-0.39, 0.29) is 58.4 Å². The van der Waals surface area contributed by atoms with E-state index in [0.717, 1.165) is 12.8 Å². The highest BCUT2D eigenvalue weighted by molar-refractivity contribution is 6.31. The zero-order valence-corrected chi connectivity index (χ0v) is 20.7. The van der Waals surface area contributed by atoms with Crippen molar-refractivity contribution in [1.29, 1.82) is 0 Å². The van der Waals surface area contributed by atoms with Crippen LogP contribution in [0.25, 0.3) is 11.5 Å². The normalized spacial score (nSPS) is 13.8. The van der Waals surface area contributed by atoms with Gasteiger partial charge in [-0.05, 0) is 56.0 Å². The Morgan fingerprint density at radius 2 is 2.03 bits per heavy atom. The van der Waals surface area contributed by atoms with Gasteiger partial charge in [-0.2, -0.15) is 8.78 Å². The molecule has 0 bridgehead atoms. The third kappa shape index (κ3) is 6.63. The van der Waals surface area contributed by atoms with Gasteiger partial charge in [0.1, 0.15) is 5.82 Å². The zero-order valence-electron chi connectivity index (χ0n) is 19.1. The van der Waals surface area contributed by atoms with Crippen molar-refractivity contribution in [2.24, 2.45) is 11.7 Å². The number of nitrogens with zero attached hydrogens (tertiary/aromatic N) is 1. The van der Waals surface area contributed by atoms with Crippen molar-refractivity contribution in [3.8, 4) is 23.0 Å². The van der Waals surface area contributed by atoms with Gasteiger partial charge in [0.05, 0.1) is 12.6 Å². The summed E-state index contributed by atoms with van der Waals surface area (Å²) in [5.74, 6) is -0.705. The molecule has 3 N–H and O–H groups in total. The van der Waals surface area contributed by atoms with Crippen LogP contribution in [0.1, 0.15) is 47.6 Å². The molecule has 7 nitrogen and oxygen atoms in total. The summed E-state index contributed by atoms with van der Waals surface area (Å²) in [5.41, 5.74) is 6.38. The number of nitrogens with one attached hydrogen (secondary N) is 1. The molecular formula is C24H24Cl2F3N3O4. The minimum absolute atomic E-state index is 0. The highest BCUT2D eigenvalue weighted by Gasteiger charge is 2.26. The Hall–Kier alpha value is -2.95. The molecule has 1 aliphatic carbocycles. The van der Waals surface area contributed by atoms with Gasteiger partial charge in [0.15, 0.2) is 23.0 Å². The molecule has 4 rings (SSSR count). The molecule has 0 spiro atoms. The third-order valence-electron chi connectivity index (χ3n) is 5.35. The Balaban J connectivity index is 0.00000361. The van der Waals surface area contributed by atoms with Gasteiger partial charge in [0.25, 0.3) is 5.91 Å². The second-order valence-electron chi connectivity index (χ2n) is 8.20. The Kier molecular flexibility index (Phi) is 9.10. The predicted molar refractivity (Wildman–Crippen MR) is 129 cm³/mol.